The van der Waals surface area contributed by atoms with Crippen molar-refractivity contribution in [2.24, 2.45) is 0 Å². The summed E-state index contributed by atoms with van der Waals surface area (Å²) in [5.41, 5.74) is 0.944. The van der Waals surface area contributed by atoms with E-state index in [9.17, 15) is 9.59 Å². The Hall–Kier alpha value is -0.910. The number of benzene rings is 1. The maximum atomic E-state index is 12.4. The lowest BCUT2D eigenvalue weighted by Crippen LogP contribution is -2.50. The van der Waals surface area contributed by atoms with Crippen molar-refractivity contribution in [3.63, 3.8) is 0 Å². The standard InChI is InChI=1S/C16H18Cl2N2O2S/c1-16-6-4-14(21)20(16)13(9-23-16)15(22)19-7-5-10-2-3-11(17)8-12(10)18/h2-3,8,13H,4-7,9H2,1H3,(H,19,22)/t13-,16+/m1/s1. The van der Waals surface area contributed by atoms with Crippen molar-refractivity contribution in [1.29, 1.82) is 0 Å². The molecule has 7 heteroatoms. The van der Waals surface area contributed by atoms with Crippen LogP contribution in [0.4, 0.5) is 0 Å². The Morgan fingerprint density at radius 2 is 2.26 bits per heavy atom. The number of carbonyl (C=O) groups excluding carboxylic acids is 2. The molecular weight excluding hydrogens is 355 g/mol. The molecule has 1 aromatic carbocycles. The molecule has 2 saturated heterocycles. The second-order valence-corrected chi connectivity index (χ2v) is 8.39. The van der Waals surface area contributed by atoms with Gasteiger partial charge in [0, 0.05) is 28.8 Å². The van der Waals surface area contributed by atoms with Crippen LogP contribution in [-0.2, 0) is 16.0 Å². The molecule has 4 nitrogen and oxygen atoms in total. The first kappa shape index (κ1) is 16.9. The van der Waals surface area contributed by atoms with Gasteiger partial charge in [-0.15, -0.1) is 11.8 Å². The van der Waals surface area contributed by atoms with Crippen molar-refractivity contribution in [1.82, 2.24) is 10.2 Å². The number of rotatable bonds is 4. The molecule has 2 fully saturated rings. The summed E-state index contributed by atoms with van der Waals surface area (Å²) in [6, 6.07) is 4.98. The molecule has 1 aromatic rings. The number of nitrogens with zero attached hydrogens (tertiary/aromatic N) is 1. The van der Waals surface area contributed by atoms with E-state index in [0.29, 0.717) is 35.2 Å². The first-order chi connectivity index (χ1) is 10.9. The van der Waals surface area contributed by atoms with E-state index in [0.717, 1.165) is 12.0 Å². The molecule has 124 valence electrons. The zero-order valence-electron chi connectivity index (χ0n) is 12.8. The zero-order chi connectivity index (χ0) is 16.6. The minimum atomic E-state index is -0.360. The molecule has 3 rings (SSSR count). The lowest BCUT2D eigenvalue weighted by atomic mass is 10.1. The van der Waals surface area contributed by atoms with Crippen molar-refractivity contribution in [2.75, 3.05) is 12.3 Å². The maximum Gasteiger partial charge on any atom is 0.243 e. The van der Waals surface area contributed by atoms with Gasteiger partial charge in [-0.1, -0.05) is 29.3 Å². The molecule has 0 radical (unpaired) electrons. The van der Waals surface area contributed by atoms with Crippen LogP contribution in [-0.4, -0.2) is 39.9 Å². The zero-order valence-corrected chi connectivity index (χ0v) is 15.1. The monoisotopic (exact) mass is 372 g/mol. The smallest absolute Gasteiger partial charge is 0.243 e. The minimum Gasteiger partial charge on any atom is -0.354 e. The Morgan fingerprint density at radius 1 is 1.48 bits per heavy atom. The highest BCUT2D eigenvalue weighted by molar-refractivity contribution is 8.01. The molecule has 23 heavy (non-hydrogen) atoms. The molecule has 2 atom stereocenters. The van der Waals surface area contributed by atoms with Gasteiger partial charge in [0.2, 0.25) is 11.8 Å². The first-order valence-electron chi connectivity index (χ1n) is 7.58. The molecule has 2 heterocycles. The summed E-state index contributed by atoms with van der Waals surface area (Å²) in [4.78, 5) is 26.0. The van der Waals surface area contributed by atoms with Crippen molar-refractivity contribution in [2.45, 2.75) is 37.1 Å². The van der Waals surface area contributed by atoms with E-state index < -0.39 is 0 Å². The number of carbonyl (C=O) groups is 2. The van der Waals surface area contributed by atoms with Crippen molar-refractivity contribution < 1.29 is 9.59 Å². The highest BCUT2D eigenvalue weighted by Gasteiger charge is 2.52. The fourth-order valence-corrected chi connectivity index (χ4v) is 5.11. The van der Waals surface area contributed by atoms with Gasteiger partial charge in [0.1, 0.15) is 6.04 Å². The van der Waals surface area contributed by atoms with E-state index in [2.05, 4.69) is 5.32 Å². The number of fused-ring (bicyclic) bond motifs is 1. The summed E-state index contributed by atoms with van der Waals surface area (Å²) < 4.78 is 0. The summed E-state index contributed by atoms with van der Waals surface area (Å²) in [5.74, 6) is 0.662. The SMILES string of the molecule is C[C@]12CCC(=O)N1[C@@H](C(=O)NCCc1ccc(Cl)cc1Cl)CS2. The molecule has 0 spiro atoms. The summed E-state index contributed by atoms with van der Waals surface area (Å²) in [6.45, 7) is 2.53. The van der Waals surface area contributed by atoms with E-state index >= 15 is 0 Å². The molecule has 2 aliphatic heterocycles. The lowest BCUT2D eigenvalue weighted by molar-refractivity contribution is -0.137. The third-order valence-corrected chi connectivity index (χ3v) is 6.55. The molecular formula is C16H18Cl2N2O2S. The highest BCUT2D eigenvalue weighted by atomic mass is 35.5. The Labute approximate surface area is 149 Å². The summed E-state index contributed by atoms with van der Waals surface area (Å²) in [7, 11) is 0. The van der Waals surface area contributed by atoms with E-state index in [1.807, 2.05) is 13.0 Å². The van der Waals surface area contributed by atoms with Gasteiger partial charge < -0.3 is 10.2 Å². The van der Waals surface area contributed by atoms with Gasteiger partial charge >= 0.3 is 0 Å². The predicted octanol–water partition coefficient (Wildman–Crippen LogP) is 3.11. The van der Waals surface area contributed by atoms with Gasteiger partial charge in [0.05, 0.1) is 4.87 Å². The van der Waals surface area contributed by atoms with Crippen LogP contribution in [0.1, 0.15) is 25.3 Å². The molecule has 2 aliphatic rings. The van der Waals surface area contributed by atoms with Crippen LogP contribution in [0.2, 0.25) is 10.0 Å². The van der Waals surface area contributed by atoms with Crippen LogP contribution >= 0.6 is 35.0 Å². The molecule has 0 aromatic heterocycles. The van der Waals surface area contributed by atoms with Crippen molar-refractivity contribution >= 4 is 46.8 Å². The van der Waals surface area contributed by atoms with Crippen LogP contribution < -0.4 is 5.32 Å². The minimum absolute atomic E-state index is 0.0818. The van der Waals surface area contributed by atoms with Crippen LogP contribution in [0, 0.1) is 0 Å². The second-order valence-electron chi connectivity index (χ2n) is 6.04. The summed E-state index contributed by atoms with van der Waals surface area (Å²) in [5, 5.41) is 4.12. The number of halogens is 2. The molecule has 1 N–H and O–H groups in total. The van der Waals surface area contributed by atoms with Crippen LogP contribution in [0.25, 0.3) is 0 Å². The van der Waals surface area contributed by atoms with Crippen LogP contribution in [0.15, 0.2) is 18.2 Å². The summed E-state index contributed by atoms with van der Waals surface area (Å²) >= 11 is 13.7. The quantitative estimate of drug-likeness (QED) is 0.883. The van der Waals surface area contributed by atoms with Gasteiger partial charge in [-0.25, -0.2) is 0 Å². The van der Waals surface area contributed by atoms with Crippen molar-refractivity contribution in [3.05, 3.63) is 33.8 Å². The fraction of sp³-hybridized carbons (Fsp3) is 0.500. The van der Waals surface area contributed by atoms with Gasteiger partial charge in [-0.3, -0.25) is 9.59 Å². The third-order valence-electron chi connectivity index (χ3n) is 4.46. The number of nitrogens with one attached hydrogen (secondary N) is 1. The number of thioether (sulfide) groups is 1. The van der Waals surface area contributed by atoms with Crippen LogP contribution in [0.3, 0.4) is 0 Å². The fourth-order valence-electron chi connectivity index (χ4n) is 3.18. The third kappa shape index (κ3) is 3.32. The van der Waals surface area contributed by atoms with Gasteiger partial charge in [-0.2, -0.15) is 0 Å². The average Bonchev–Trinajstić information content (AvgIpc) is 2.98. The van der Waals surface area contributed by atoms with E-state index in [-0.39, 0.29) is 22.7 Å². The lowest BCUT2D eigenvalue weighted by Gasteiger charge is -2.29. The van der Waals surface area contributed by atoms with Crippen molar-refractivity contribution in [3.8, 4) is 0 Å². The number of hydrogen-bond donors (Lipinski definition) is 1. The Balaban J connectivity index is 1.57. The topological polar surface area (TPSA) is 49.4 Å². The van der Waals surface area contributed by atoms with E-state index in [1.54, 1.807) is 28.8 Å². The van der Waals surface area contributed by atoms with Gasteiger partial charge in [-0.05, 0) is 37.5 Å². The molecule has 0 unspecified atom stereocenters. The Morgan fingerprint density at radius 3 is 3.00 bits per heavy atom. The average molecular weight is 373 g/mol. The number of amides is 2. The van der Waals surface area contributed by atoms with Gasteiger partial charge in [0.15, 0.2) is 0 Å². The van der Waals surface area contributed by atoms with E-state index in [1.165, 1.54) is 0 Å². The summed E-state index contributed by atoms with van der Waals surface area (Å²) in [6.07, 6.45) is 1.99. The maximum absolute atomic E-state index is 12.4. The van der Waals surface area contributed by atoms with Gasteiger partial charge in [0.25, 0.3) is 0 Å². The Bertz CT molecular complexity index is 655. The largest absolute Gasteiger partial charge is 0.354 e. The number of hydrogen-bond acceptors (Lipinski definition) is 3. The van der Waals surface area contributed by atoms with E-state index in [4.69, 9.17) is 23.2 Å². The Kier molecular flexibility index (Phi) is 4.81. The molecule has 0 aliphatic carbocycles. The molecule has 2 amide bonds. The molecule has 0 bridgehead atoms. The normalized spacial score (nSPS) is 26.5. The highest BCUT2D eigenvalue weighted by Crippen LogP contribution is 2.47. The molecule has 0 saturated carbocycles. The van der Waals surface area contributed by atoms with Crippen LogP contribution in [0.5, 0.6) is 0 Å². The predicted molar refractivity (Wildman–Crippen MR) is 93.9 cm³/mol. The second kappa shape index (κ2) is 6.54. The first-order valence-corrected chi connectivity index (χ1v) is 9.33.